The summed E-state index contributed by atoms with van der Waals surface area (Å²) in [5.41, 5.74) is 1.39. The van der Waals surface area contributed by atoms with Gasteiger partial charge in [-0.25, -0.2) is 8.42 Å². The van der Waals surface area contributed by atoms with E-state index in [9.17, 15) is 18.0 Å². The Morgan fingerprint density at radius 2 is 1.59 bits per heavy atom. The van der Waals surface area contributed by atoms with Crippen molar-refractivity contribution in [2.24, 2.45) is 5.92 Å². The lowest BCUT2D eigenvalue weighted by Crippen LogP contribution is -2.53. The highest BCUT2D eigenvalue weighted by Crippen LogP contribution is 2.34. The van der Waals surface area contributed by atoms with Gasteiger partial charge in [0.15, 0.2) is 0 Å². The zero-order valence-electron chi connectivity index (χ0n) is 22.8. The molecule has 0 aromatic heterocycles. The summed E-state index contributed by atoms with van der Waals surface area (Å²) in [5.74, 6) is -0.859. The van der Waals surface area contributed by atoms with Gasteiger partial charge >= 0.3 is 0 Å². The molecule has 3 aromatic carbocycles. The van der Waals surface area contributed by atoms with Crippen molar-refractivity contribution in [3.63, 3.8) is 0 Å². The Morgan fingerprint density at radius 1 is 0.902 bits per heavy atom. The van der Waals surface area contributed by atoms with E-state index < -0.39 is 28.5 Å². The highest BCUT2D eigenvalue weighted by Gasteiger charge is 2.34. The minimum atomic E-state index is -4.00. The summed E-state index contributed by atoms with van der Waals surface area (Å²) in [7, 11) is -4.00. The average molecular weight is 659 g/mol. The molecule has 0 radical (unpaired) electrons. The molecule has 12 heteroatoms. The van der Waals surface area contributed by atoms with Gasteiger partial charge in [-0.3, -0.25) is 13.9 Å². The smallest absolute Gasteiger partial charge is 0.244 e. The summed E-state index contributed by atoms with van der Waals surface area (Å²) in [4.78, 5) is 29.1. The molecular formula is C29H31Cl4N3O4S. The second kappa shape index (κ2) is 14.6. The predicted octanol–water partition coefficient (Wildman–Crippen LogP) is 6.48. The fourth-order valence-corrected chi connectivity index (χ4v) is 5.86. The molecule has 0 saturated heterocycles. The summed E-state index contributed by atoms with van der Waals surface area (Å²) >= 11 is 25.1. The van der Waals surface area contributed by atoms with Crippen molar-refractivity contribution in [2.45, 2.75) is 32.9 Å². The van der Waals surface area contributed by atoms with Crippen molar-refractivity contribution in [3.8, 4) is 0 Å². The van der Waals surface area contributed by atoms with Crippen molar-refractivity contribution in [3.05, 3.63) is 97.9 Å². The van der Waals surface area contributed by atoms with Crippen LogP contribution in [0.2, 0.25) is 20.1 Å². The van der Waals surface area contributed by atoms with Crippen molar-refractivity contribution in [1.82, 2.24) is 10.2 Å². The zero-order chi connectivity index (χ0) is 30.3. The van der Waals surface area contributed by atoms with Gasteiger partial charge in [0.05, 0.1) is 22.0 Å². The minimum Gasteiger partial charge on any atom is -0.354 e. The Labute approximate surface area is 261 Å². The first-order valence-electron chi connectivity index (χ1n) is 12.7. The highest BCUT2D eigenvalue weighted by molar-refractivity contribution is 7.92. The first-order valence-corrected chi connectivity index (χ1v) is 16.1. The molecule has 41 heavy (non-hydrogen) atoms. The van der Waals surface area contributed by atoms with Crippen LogP contribution in [0.1, 0.15) is 25.0 Å². The summed E-state index contributed by atoms with van der Waals surface area (Å²) in [6.07, 6.45) is 1.15. The molecule has 1 N–H and O–H groups in total. The van der Waals surface area contributed by atoms with Crippen LogP contribution in [-0.4, -0.2) is 50.5 Å². The molecule has 0 unspecified atom stereocenters. The van der Waals surface area contributed by atoms with E-state index in [0.717, 1.165) is 16.1 Å². The number of halogens is 4. The van der Waals surface area contributed by atoms with Crippen molar-refractivity contribution < 1.29 is 18.0 Å². The van der Waals surface area contributed by atoms with Gasteiger partial charge in [-0.15, -0.1) is 0 Å². The molecular weight excluding hydrogens is 628 g/mol. The number of carbonyl (C=O) groups is 2. The molecule has 0 aliphatic heterocycles. The van der Waals surface area contributed by atoms with Gasteiger partial charge in [0.2, 0.25) is 21.8 Å². The lowest BCUT2D eigenvalue weighted by molar-refractivity contribution is -0.140. The highest BCUT2D eigenvalue weighted by atomic mass is 35.5. The minimum absolute atomic E-state index is 0.0183. The number of nitrogens with zero attached hydrogens (tertiary/aromatic N) is 2. The SMILES string of the molecule is CC(C)CNC(=O)[C@@H](Cc1ccccc1)N(Cc1ccc(Cl)cc1Cl)C(=O)CN(c1cccc(Cl)c1Cl)S(C)(=O)=O. The van der Waals surface area contributed by atoms with Crippen molar-refractivity contribution in [2.75, 3.05) is 23.7 Å². The van der Waals surface area contributed by atoms with E-state index in [0.29, 0.717) is 22.2 Å². The molecule has 0 aliphatic carbocycles. The number of nitrogens with one attached hydrogen (secondary N) is 1. The number of anilines is 1. The maximum absolute atomic E-state index is 14.1. The van der Waals surface area contributed by atoms with Crippen molar-refractivity contribution in [1.29, 1.82) is 0 Å². The lowest BCUT2D eigenvalue weighted by Gasteiger charge is -2.34. The number of carbonyl (C=O) groups excluding carboxylic acids is 2. The van der Waals surface area contributed by atoms with E-state index in [4.69, 9.17) is 46.4 Å². The Bertz CT molecular complexity index is 1490. The van der Waals surface area contributed by atoms with Crippen LogP contribution in [-0.2, 0) is 32.6 Å². The molecule has 220 valence electrons. The molecule has 0 bridgehead atoms. The van der Waals surface area contributed by atoms with E-state index in [2.05, 4.69) is 5.32 Å². The van der Waals surface area contributed by atoms with Gasteiger partial charge in [0.1, 0.15) is 12.6 Å². The molecule has 1 atom stereocenters. The van der Waals surface area contributed by atoms with Gasteiger partial charge in [-0.2, -0.15) is 0 Å². The van der Waals surface area contributed by atoms with Gasteiger partial charge in [-0.05, 0) is 41.3 Å². The maximum atomic E-state index is 14.1. The molecule has 3 rings (SSSR count). The van der Waals surface area contributed by atoms with Gasteiger partial charge in [0.25, 0.3) is 0 Å². The normalized spacial score (nSPS) is 12.2. The predicted molar refractivity (Wildman–Crippen MR) is 167 cm³/mol. The van der Waals surface area contributed by atoms with Crippen LogP contribution in [0.15, 0.2) is 66.7 Å². The van der Waals surface area contributed by atoms with Gasteiger partial charge in [-0.1, -0.05) is 103 Å². The summed E-state index contributed by atoms with van der Waals surface area (Å²) < 4.78 is 26.7. The van der Waals surface area contributed by atoms with E-state index in [1.54, 1.807) is 18.2 Å². The van der Waals surface area contributed by atoms with Crippen LogP contribution in [0.3, 0.4) is 0 Å². The molecule has 0 saturated carbocycles. The third-order valence-electron chi connectivity index (χ3n) is 6.19. The second-order valence-electron chi connectivity index (χ2n) is 9.94. The third kappa shape index (κ3) is 9.25. The van der Waals surface area contributed by atoms with Crippen LogP contribution < -0.4 is 9.62 Å². The molecule has 0 spiro atoms. The molecule has 2 amide bonds. The summed E-state index contributed by atoms with van der Waals surface area (Å²) in [5, 5.41) is 3.74. The Kier molecular flexibility index (Phi) is 11.8. The number of rotatable bonds is 12. The maximum Gasteiger partial charge on any atom is 0.244 e. The standard InChI is InChI=1S/C29H31Cl4N3O4S/c1-19(2)16-34-29(38)26(14-20-8-5-4-6-9-20)35(17-21-12-13-22(30)15-24(21)32)27(37)18-36(41(3,39)40)25-11-7-10-23(31)28(25)33/h4-13,15,19,26H,14,16-18H2,1-3H3,(H,34,38)/t26-/m1/s1. The zero-order valence-corrected chi connectivity index (χ0v) is 26.6. The van der Waals surface area contributed by atoms with E-state index in [1.807, 2.05) is 44.2 Å². The second-order valence-corrected chi connectivity index (χ2v) is 13.5. The van der Waals surface area contributed by atoms with E-state index in [1.165, 1.54) is 23.1 Å². The van der Waals surface area contributed by atoms with Crippen molar-refractivity contribution >= 4 is 73.9 Å². The number of hydrogen-bond acceptors (Lipinski definition) is 4. The van der Waals surface area contributed by atoms with E-state index in [-0.39, 0.29) is 40.5 Å². The monoisotopic (exact) mass is 657 g/mol. The Hall–Kier alpha value is -2.49. The molecule has 0 aliphatic rings. The van der Waals surface area contributed by atoms with Crippen LogP contribution in [0.4, 0.5) is 5.69 Å². The van der Waals surface area contributed by atoms with Gasteiger partial charge < -0.3 is 10.2 Å². The fourth-order valence-electron chi connectivity index (χ4n) is 4.09. The first kappa shape index (κ1) is 33.0. The summed E-state index contributed by atoms with van der Waals surface area (Å²) in [6, 6.07) is 17.6. The van der Waals surface area contributed by atoms with Crippen LogP contribution in [0.5, 0.6) is 0 Å². The fraction of sp³-hybridized carbons (Fsp3) is 0.310. The lowest BCUT2D eigenvalue weighted by atomic mass is 10.0. The van der Waals surface area contributed by atoms with Crippen LogP contribution >= 0.6 is 46.4 Å². The number of sulfonamides is 1. The summed E-state index contributed by atoms with van der Waals surface area (Å²) in [6.45, 7) is 3.60. The molecule has 3 aromatic rings. The van der Waals surface area contributed by atoms with Gasteiger partial charge in [0, 0.05) is 29.6 Å². The quantitative estimate of drug-likeness (QED) is 0.241. The number of hydrogen-bond donors (Lipinski definition) is 1. The molecule has 7 nitrogen and oxygen atoms in total. The Balaban J connectivity index is 2.10. The van der Waals surface area contributed by atoms with Crippen LogP contribution in [0, 0.1) is 5.92 Å². The molecule has 0 heterocycles. The molecule has 0 fully saturated rings. The first-order chi connectivity index (χ1) is 19.3. The Morgan fingerprint density at radius 3 is 2.20 bits per heavy atom. The number of amides is 2. The van der Waals surface area contributed by atoms with E-state index >= 15 is 0 Å². The third-order valence-corrected chi connectivity index (χ3v) is 8.71. The topological polar surface area (TPSA) is 86.8 Å². The largest absolute Gasteiger partial charge is 0.354 e. The van der Waals surface area contributed by atoms with Crippen LogP contribution in [0.25, 0.3) is 0 Å². The average Bonchev–Trinajstić information content (AvgIpc) is 2.90. The number of benzene rings is 3.